The van der Waals surface area contributed by atoms with E-state index in [-0.39, 0.29) is 40.8 Å². The Hall–Kier alpha value is -2.31. The highest BCUT2D eigenvalue weighted by atomic mass is 32.2. The Kier molecular flexibility index (Phi) is 7.86. The number of nitrogens with one attached hydrogen (secondary N) is 1. The second-order valence-corrected chi connectivity index (χ2v) is 13.7. The number of hydrogen-bond acceptors (Lipinski definition) is 8. The third-order valence-corrected chi connectivity index (χ3v) is 8.88. The largest absolute Gasteiger partial charge is 0.389 e. The van der Waals surface area contributed by atoms with Gasteiger partial charge in [0.2, 0.25) is 5.91 Å². The number of hydrogen-bond donors (Lipinski definition) is 2. The van der Waals surface area contributed by atoms with E-state index in [1.54, 1.807) is 48.5 Å². The molecule has 2 aromatic carbocycles. The van der Waals surface area contributed by atoms with Gasteiger partial charge in [-0.05, 0) is 48.2 Å². The van der Waals surface area contributed by atoms with Crippen LogP contribution < -0.4 is 5.32 Å². The van der Waals surface area contributed by atoms with Crippen molar-refractivity contribution < 1.29 is 31.5 Å². The van der Waals surface area contributed by atoms with Gasteiger partial charge in [-0.15, -0.1) is 0 Å². The molecule has 9 nitrogen and oxygen atoms in total. The van der Waals surface area contributed by atoms with Crippen LogP contribution in [0.1, 0.15) is 24.0 Å². The Morgan fingerprint density at radius 3 is 1.81 bits per heavy atom. The standard InChI is InChI=1S/C25H32N2O7S2/c1-35(30,31)20-9-3-17(4-10-20)14-27(15-18-5-11-21(12-6-18)36(2,32)33)22-16-34-23(24(22)28)13-26-25(29)19-7-8-19/h3-6,9-12,19,22-24,28H,7-8,13-16H2,1-2H3,(H,26,29)/t22-,23-,24+/m1/s1. The molecule has 196 valence electrons. The number of sulfone groups is 2. The highest BCUT2D eigenvalue weighted by molar-refractivity contribution is 7.91. The fraction of sp³-hybridized carbons (Fsp3) is 0.480. The predicted octanol–water partition coefficient (Wildman–Crippen LogP) is 1.15. The lowest BCUT2D eigenvalue weighted by atomic mass is 10.0. The molecular weight excluding hydrogens is 504 g/mol. The van der Waals surface area contributed by atoms with E-state index in [1.165, 1.54) is 0 Å². The summed E-state index contributed by atoms with van der Waals surface area (Å²) in [6.07, 6.45) is 2.71. The summed E-state index contributed by atoms with van der Waals surface area (Å²) in [6, 6.07) is 12.8. The van der Waals surface area contributed by atoms with Gasteiger partial charge < -0.3 is 15.2 Å². The number of ether oxygens (including phenoxy) is 1. The summed E-state index contributed by atoms with van der Waals surface area (Å²) < 4.78 is 53.1. The van der Waals surface area contributed by atoms with Crippen molar-refractivity contribution in [3.63, 3.8) is 0 Å². The van der Waals surface area contributed by atoms with Crippen LogP contribution in [0, 0.1) is 5.92 Å². The van der Waals surface area contributed by atoms with Gasteiger partial charge in [0.05, 0.1) is 28.5 Å². The van der Waals surface area contributed by atoms with E-state index in [0.29, 0.717) is 13.1 Å². The van der Waals surface area contributed by atoms with Crippen molar-refractivity contribution in [1.29, 1.82) is 0 Å². The third kappa shape index (κ3) is 6.71. The highest BCUT2D eigenvalue weighted by Crippen LogP contribution is 2.29. The van der Waals surface area contributed by atoms with Gasteiger partial charge in [-0.25, -0.2) is 16.8 Å². The van der Waals surface area contributed by atoms with Crippen LogP contribution in [0.2, 0.25) is 0 Å². The van der Waals surface area contributed by atoms with Crippen LogP contribution in [0.3, 0.4) is 0 Å². The Bertz CT molecular complexity index is 1210. The molecule has 1 amide bonds. The van der Waals surface area contributed by atoms with Gasteiger partial charge in [0.15, 0.2) is 19.7 Å². The van der Waals surface area contributed by atoms with E-state index in [2.05, 4.69) is 5.32 Å². The minimum Gasteiger partial charge on any atom is -0.389 e. The number of rotatable bonds is 10. The summed E-state index contributed by atoms with van der Waals surface area (Å²) in [6.45, 7) is 1.30. The molecule has 0 bridgehead atoms. The molecule has 1 aliphatic carbocycles. The van der Waals surface area contributed by atoms with Crippen LogP contribution >= 0.6 is 0 Å². The predicted molar refractivity (Wildman–Crippen MR) is 134 cm³/mol. The number of amides is 1. The molecule has 1 saturated carbocycles. The van der Waals surface area contributed by atoms with Gasteiger partial charge in [0.25, 0.3) is 0 Å². The average Bonchev–Trinajstić information content (AvgIpc) is 3.60. The summed E-state index contributed by atoms with van der Waals surface area (Å²) in [5.41, 5.74) is 1.71. The lowest BCUT2D eigenvalue weighted by Gasteiger charge is -2.31. The second-order valence-electron chi connectivity index (χ2n) is 9.69. The molecule has 0 unspecified atom stereocenters. The number of aliphatic hydroxyl groups excluding tert-OH is 1. The van der Waals surface area contributed by atoms with Crippen molar-refractivity contribution in [2.45, 2.75) is 54.0 Å². The maximum absolute atomic E-state index is 12.0. The molecule has 2 N–H and O–H groups in total. The first kappa shape index (κ1) is 26.7. The van der Waals surface area contributed by atoms with Crippen molar-refractivity contribution in [2.75, 3.05) is 25.7 Å². The van der Waals surface area contributed by atoms with Gasteiger partial charge in [-0.3, -0.25) is 9.69 Å². The van der Waals surface area contributed by atoms with Crippen LogP contribution in [0.4, 0.5) is 0 Å². The quantitative estimate of drug-likeness (QED) is 0.463. The Labute approximate surface area is 212 Å². The molecule has 2 aromatic rings. The average molecular weight is 537 g/mol. The minimum absolute atomic E-state index is 0.0111. The summed E-state index contributed by atoms with van der Waals surface area (Å²) in [7, 11) is -6.63. The van der Waals surface area contributed by atoms with E-state index < -0.39 is 31.9 Å². The fourth-order valence-electron chi connectivity index (χ4n) is 4.30. The molecule has 0 radical (unpaired) electrons. The smallest absolute Gasteiger partial charge is 0.223 e. The molecule has 2 fully saturated rings. The van der Waals surface area contributed by atoms with Crippen molar-refractivity contribution in [3.05, 3.63) is 59.7 Å². The molecule has 11 heteroatoms. The maximum Gasteiger partial charge on any atom is 0.223 e. The first-order valence-electron chi connectivity index (χ1n) is 11.8. The molecule has 3 atom stereocenters. The Balaban J connectivity index is 1.51. The van der Waals surface area contributed by atoms with Crippen LogP contribution in [-0.4, -0.2) is 76.7 Å². The van der Waals surface area contributed by atoms with E-state index in [1.807, 2.05) is 4.90 Å². The zero-order valence-electron chi connectivity index (χ0n) is 20.3. The summed E-state index contributed by atoms with van der Waals surface area (Å²) in [4.78, 5) is 14.5. The second kappa shape index (κ2) is 10.6. The molecular formula is C25H32N2O7S2. The molecule has 0 spiro atoms. The highest BCUT2D eigenvalue weighted by Gasteiger charge is 2.40. The van der Waals surface area contributed by atoms with Gasteiger partial charge in [0.1, 0.15) is 6.10 Å². The number of aliphatic hydroxyl groups is 1. The monoisotopic (exact) mass is 536 g/mol. The van der Waals surface area contributed by atoms with Gasteiger partial charge >= 0.3 is 0 Å². The number of carbonyl (C=O) groups excluding carboxylic acids is 1. The third-order valence-electron chi connectivity index (χ3n) is 6.63. The summed E-state index contributed by atoms with van der Waals surface area (Å²) in [5.74, 6) is 0.0590. The SMILES string of the molecule is CS(=O)(=O)c1ccc(CN(Cc2ccc(S(C)(=O)=O)cc2)[C@@H]2CO[C@H](CNC(=O)C3CC3)[C@H]2O)cc1. The van der Waals surface area contributed by atoms with Crippen LogP contribution in [0.5, 0.6) is 0 Å². The fourth-order valence-corrected chi connectivity index (χ4v) is 5.56. The summed E-state index contributed by atoms with van der Waals surface area (Å²) >= 11 is 0. The molecule has 1 heterocycles. The molecule has 4 rings (SSSR count). The molecule has 1 aliphatic heterocycles. The minimum atomic E-state index is -3.32. The number of benzene rings is 2. The zero-order chi connectivity index (χ0) is 26.1. The van der Waals surface area contributed by atoms with Crippen molar-refractivity contribution in [3.8, 4) is 0 Å². The molecule has 36 heavy (non-hydrogen) atoms. The summed E-state index contributed by atoms with van der Waals surface area (Å²) in [5, 5.41) is 13.9. The van der Waals surface area contributed by atoms with E-state index in [0.717, 1.165) is 36.5 Å². The number of nitrogens with zero attached hydrogens (tertiary/aromatic N) is 1. The van der Waals surface area contributed by atoms with Gasteiger partial charge in [-0.2, -0.15) is 0 Å². The zero-order valence-corrected chi connectivity index (χ0v) is 22.0. The van der Waals surface area contributed by atoms with Crippen molar-refractivity contribution in [2.24, 2.45) is 5.92 Å². The van der Waals surface area contributed by atoms with E-state index in [4.69, 9.17) is 4.74 Å². The lowest BCUT2D eigenvalue weighted by Crippen LogP contribution is -2.46. The topological polar surface area (TPSA) is 130 Å². The molecule has 1 saturated heterocycles. The lowest BCUT2D eigenvalue weighted by molar-refractivity contribution is -0.123. The van der Waals surface area contributed by atoms with Crippen LogP contribution in [0.15, 0.2) is 58.3 Å². The van der Waals surface area contributed by atoms with Crippen LogP contribution in [0.25, 0.3) is 0 Å². The number of carbonyl (C=O) groups is 1. The first-order chi connectivity index (χ1) is 16.9. The van der Waals surface area contributed by atoms with Gasteiger partial charge in [-0.1, -0.05) is 24.3 Å². The first-order valence-corrected chi connectivity index (χ1v) is 15.6. The Morgan fingerprint density at radius 1 is 0.917 bits per heavy atom. The molecule has 2 aliphatic rings. The van der Waals surface area contributed by atoms with E-state index in [9.17, 15) is 26.7 Å². The van der Waals surface area contributed by atoms with Crippen molar-refractivity contribution in [1.82, 2.24) is 10.2 Å². The van der Waals surface area contributed by atoms with E-state index >= 15 is 0 Å². The van der Waals surface area contributed by atoms with Crippen molar-refractivity contribution >= 4 is 25.6 Å². The normalized spacial score (nSPS) is 22.6. The Morgan fingerprint density at radius 2 is 1.39 bits per heavy atom. The van der Waals surface area contributed by atoms with Gasteiger partial charge in [0, 0.05) is 38.1 Å². The maximum atomic E-state index is 12.0. The molecule has 0 aromatic heterocycles. The van der Waals surface area contributed by atoms with Crippen LogP contribution in [-0.2, 0) is 42.3 Å².